The van der Waals surface area contributed by atoms with Crippen molar-refractivity contribution in [3.05, 3.63) is 54.3 Å². The van der Waals surface area contributed by atoms with Crippen LogP contribution >= 0.6 is 63.7 Å². The second-order valence-corrected chi connectivity index (χ2v) is 7.51. The second-order valence-electron chi connectivity index (χ2n) is 3.97. The quantitative estimate of drug-likeness (QED) is 0.465. The van der Waals surface area contributed by atoms with Crippen molar-refractivity contribution >= 4 is 69.4 Å². The lowest BCUT2D eigenvalue weighted by molar-refractivity contribution is 0.333. The lowest BCUT2D eigenvalue weighted by Crippen LogP contribution is -2.12. The lowest BCUT2D eigenvalue weighted by Gasteiger charge is -2.12. The van der Waals surface area contributed by atoms with Crippen LogP contribution in [0.15, 0.2) is 54.3 Å². The van der Waals surface area contributed by atoms with Crippen molar-refractivity contribution in [3.63, 3.8) is 0 Å². The Bertz CT molecular complexity index is 563. The van der Waals surface area contributed by atoms with Crippen LogP contribution in [0.3, 0.4) is 0 Å². The van der Waals surface area contributed by atoms with Gasteiger partial charge in [0.15, 0.2) is 0 Å². The van der Waals surface area contributed by atoms with Crippen molar-refractivity contribution in [1.82, 2.24) is 0 Å². The molecule has 0 aliphatic heterocycles. The molecule has 0 radical (unpaired) electrons. The van der Waals surface area contributed by atoms with Gasteiger partial charge in [0.05, 0.1) is 5.69 Å². The van der Waals surface area contributed by atoms with Gasteiger partial charge < -0.3 is 10.1 Å². The first-order chi connectivity index (χ1) is 9.56. The van der Waals surface area contributed by atoms with E-state index in [0.29, 0.717) is 6.61 Å². The minimum absolute atomic E-state index is 0.594. The number of hydrogen-bond acceptors (Lipinski definition) is 2. The largest absolute Gasteiger partial charge is 0.492 e. The van der Waals surface area contributed by atoms with Gasteiger partial charge in [0.1, 0.15) is 12.4 Å². The van der Waals surface area contributed by atoms with E-state index in [-0.39, 0.29) is 0 Å². The van der Waals surface area contributed by atoms with Crippen molar-refractivity contribution < 1.29 is 4.74 Å². The van der Waals surface area contributed by atoms with Crippen LogP contribution in [0.25, 0.3) is 0 Å². The van der Waals surface area contributed by atoms with E-state index in [9.17, 15) is 0 Å². The fourth-order valence-electron chi connectivity index (χ4n) is 1.59. The molecule has 0 spiro atoms. The second kappa shape index (κ2) is 7.82. The fourth-order valence-corrected chi connectivity index (χ4v) is 4.39. The molecule has 0 saturated heterocycles. The van der Waals surface area contributed by atoms with Crippen LogP contribution in [0.5, 0.6) is 5.75 Å². The van der Waals surface area contributed by atoms with Crippen molar-refractivity contribution in [3.8, 4) is 5.75 Å². The summed E-state index contributed by atoms with van der Waals surface area (Å²) in [4.78, 5) is 0. The van der Waals surface area contributed by atoms with Gasteiger partial charge >= 0.3 is 0 Å². The summed E-state index contributed by atoms with van der Waals surface area (Å²) in [6.07, 6.45) is 0. The van der Waals surface area contributed by atoms with Gasteiger partial charge in [-0.2, -0.15) is 0 Å². The minimum atomic E-state index is 0.594. The molecule has 0 aromatic heterocycles. The van der Waals surface area contributed by atoms with Crippen LogP contribution in [0, 0.1) is 0 Å². The number of ether oxygens (including phenoxy) is 1. The standard InChI is InChI=1S/C14H11Br4NO/c15-9-1-3-11(4-2-9)20-6-5-19-14-12(17)7-10(16)8-13(14)18/h1-4,7-8,19H,5-6H2. The molecule has 2 rings (SSSR count). The Labute approximate surface area is 151 Å². The predicted molar refractivity (Wildman–Crippen MR) is 97.7 cm³/mol. The normalized spacial score (nSPS) is 10.4. The van der Waals surface area contributed by atoms with Gasteiger partial charge in [-0.1, -0.05) is 31.9 Å². The van der Waals surface area contributed by atoms with E-state index < -0.39 is 0 Å². The number of anilines is 1. The molecule has 0 amide bonds. The van der Waals surface area contributed by atoms with Crippen LogP contribution in [-0.2, 0) is 0 Å². The van der Waals surface area contributed by atoms with Crippen LogP contribution < -0.4 is 10.1 Å². The summed E-state index contributed by atoms with van der Waals surface area (Å²) in [5.41, 5.74) is 1.02. The molecule has 0 saturated carbocycles. The molecule has 0 bridgehead atoms. The summed E-state index contributed by atoms with van der Waals surface area (Å²) < 4.78 is 9.74. The first kappa shape index (κ1) is 16.3. The fraction of sp³-hybridized carbons (Fsp3) is 0.143. The molecule has 2 nitrogen and oxygen atoms in total. The molecule has 0 aliphatic rings. The van der Waals surface area contributed by atoms with E-state index >= 15 is 0 Å². The van der Waals surface area contributed by atoms with E-state index in [2.05, 4.69) is 69.0 Å². The molecule has 106 valence electrons. The summed E-state index contributed by atoms with van der Waals surface area (Å²) in [5, 5.41) is 3.34. The third kappa shape index (κ3) is 4.76. The number of benzene rings is 2. The molecular weight excluding hydrogens is 518 g/mol. The zero-order chi connectivity index (χ0) is 14.5. The first-order valence-electron chi connectivity index (χ1n) is 5.83. The molecule has 20 heavy (non-hydrogen) atoms. The van der Waals surface area contributed by atoms with E-state index in [0.717, 1.165) is 35.9 Å². The van der Waals surface area contributed by atoms with E-state index in [4.69, 9.17) is 4.74 Å². The van der Waals surface area contributed by atoms with E-state index in [1.54, 1.807) is 0 Å². The molecule has 0 atom stereocenters. The molecule has 0 aliphatic carbocycles. The summed E-state index contributed by atoms with van der Waals surface area (Å²) in [6.45, 7) is 1.31. The Morgan fingerprint density at radius 2 is 1.45 bits per heavy atom. The number of hydrogen-bond donors (Lipinski definition) is 1. The zero-order valence-corrected chi connectivity index (χ0v) is 16.6. The molecular formula is C14H11Br4NO. The number of halogens is 4. The van der Waals surface area contributed by atoms with Crippen molar-refractivity contribution in [2.24, 2.45) is 0 Å². The third-order valence-corrected chi connectivity index (χ3v) is 4.73. The van der Waals surface area contributed by atoms with Crippen LogP contribution in [0.1, 0.15) is 0 Å². The molecule has 0 fully saturated rings. The molecule has 0 unspecified atom stereocenters. The van der Waals surface area contributed by atoms with Crippen molar-refractivity contribution in [2.75, 3.05) is 18.5 Å². The Hall–Kier alpha value is -0.0400. The van der Waals surface area contributed by atoms with E-state index in [1.807, 2.05) is 36.4 Å². The molecule has 2 aromatic carbocycles. The number of rotatable bonds is 5. The Kier molecular flexibility index (Phi) is 6.39. The van der Waals surface area contributed by atoms with Crippen LogP contribution in [-0.4, -0.2) is 13.2 Å². The highest BCUT2D eigenvalue weighted by atomic mass is 79.9. The molecule has 6 heteroatoms. The van der Waals surface area contributed by atoms with Gasteiger partial charge in [-0.25, -0.2) is 0 Å². The number of nitrogens with one attached hydrogen (secondary N) is 1. The third-order valence-electron chi connectivity index (χ3n) is 2.49. The summed E-state index contributed by atoms with van der Waals surface area (Å²) in [5.74, 6) is 0.865. The van der Waals surface area contributed by atoms with Gasteiger partial charge in [0.2, 0.25) is 0 Å². The molecule has 2 aromatic rings. The Morgan fingerprint density at radius 1 is 0.850 bits per heavy atom. The monoisotopic (exact) mass is 525 g/mol. The highest BCUT2D eigenvalue weighted by Crippen LogP contribution is 2.34. The average Bonchev–Trinajstić information content (AvgIpc) is 2.39. The average molecular weight is 529 g/mol. The van der Waals surface area contributed by atoms with Crippen molar-refractivity contribution in [2.45, 2.75) is 0 Å². The zero-order valence-electron chi connectivity index (χ0n) is 10.3. The van der Waals surface area contributed by atoms with Gasteiger partial charge in [-0.15, -0.1) is 0 Å². The predicted octanol–water partition coefficient (Wildman–Crippen LogP) is 6.23. The molecule has 0 heterocycles. The molecule has 1 N–H and O–H groups in total. The van der Waals surface area contributed by atoms with Crippen LogP contribution in [0.4, 0.5) is 5.69 Å². The first-order valence-corrected chi connectivity index (χ1v) is 9.00. The maximum absolute atomic E-state index is 5.66. The van der Waals surface area contributed by atoms with Gasteiger partial charge in [0, 0.05) is 24.4 Å². The van der Waals surface area contributed by atoms with E-state index in [1.165, 1.54) is 0 Å². The topological polar surface area (TPSA) is 21.3 Å². The van der Waals surface area contributed by atoms with Gasteiger partial charge in [-0.05, 0) is 68.3 Å². The Morgan fingerprint density at radius 3 is 2.05 bits per heavy atom. The van der Waals surface area contributed by atoms with Gasteiger partial charge in [-0.3, -0.25) is 0 Å². The van der Waals surface area contributed by atoms with Crippen molar-refractivity contribution in [1.29, 1.82) is 0 Å². The highest BCUT2D eigenvalue weighted by Gasteiger charge is 2.06. The van der Waals surface area contributed by atoms with Crippen LogP contribution in [0.2, 0.25) is 0 Å². The smallest absolute Gasteiger partial charge is 0.119 e. The summed E-state index contributed by atoms with van der Waals surface area (Å²) in [6, 6.07) is 11.8. The summed E-state index contributed by atoms with van der Waals surface area (Å²) in [7, 11) is 0. The maximum atomic E-state index is 5.66. The highest BCUT2D eigenvalue weighted by molar-refractivity contribution is 9.11. The minimum Gasteiger partial charge on any atom is -0.492 e. The maximum Gasteiger partial charge on any atom is 0.119 e. The SMILES string of the molecule is Brc1ccc(OCCNc2c(Br)cc(Br)cc2Br)cc1. The lowest BCUT2D eigenvalue weighted by atomic mass is 10.3. The summed E-state index contributed by atoms with van der Waals surface area (Å²) >= 11 is 13.9. The Balaban J connectivity index is 1.86. The van der Waals surface area contributed by atoms with Gasteiger partial charge in [0.25, 0.3) is 0 Å².